The molecule has 2 saturated heterocycles. The van der Waals surface area contributed by atoms with E-state index in [1.165, 1.54) is 11.1 Å². The number of ether oxygens (including phenoxy) is 1. The highest BCUT2D eigenvalue weighted by atomic mass is 16.6. The zero-order chi connectivity index (χ0) is 25.0. The van der Waals surface area contributed by atoms with Gasteiger partial charge in [0.1, 0.15) is 0 Å². The molecule has 3 aliphatic heterocycles. The maximum atomic E-state index is 13.2. The van der Waals surface area contributed by atoms with E-state index in [0.717, 1.165) is 70.6 Å². The van der Waals surface area contributed by atoms with Gasteiger partial charge in [-0.3, -0.25) is 0 Å². The molecular weight excluding hydrogens is 452 g/mol. The molecule has 3 aliphatic rings. The van der Waals surface area contributed by atoms with Crippen molar-refractivity contribution in [2.75, 3.05) is 51.2 Å². The van der Waals surface area contributed by atoms with Crippen molar-refractivity contribution in [1.29, 1.82) is 0 Å². The molecular formula is C29H38N4O3. The SMILES string of the molecule is CCOC(=O)N1CCC(CN2CCC3(CC2)CN(C(=O)Nc2ccccc2)Cc2ccccc23)CC1. The Morgan fingerprint density at radius 3 is 2.36 bits per heavy atom. The third-order valence-electron chi connectivity index (χ3n) is 8.23. The first kappa shape index (κ1) is 24.6. The number of rotatable bonds is 4. The second-order valence-electron chi connectivity index (χ2n) is 10.5. The van der Waals surface area contributed by atoms with Crippen molar-refractivity contribution in [3.8, 4) is 0 Å². The summed E-state index contributed by atoms with van der Waals surface area (Å²) in [7, 11) is 0. The van der Waals surface area contributed by atoms with Gasteiger partial charge in [-0.2, -0.15) is 0 Å². The summed E-state index contributed by atoms with van der Waals surface area (Å²) in [6.07, 6.45) is 4.02. The first-order chi connectivity index (χ1) is 17.6. The highest BCUT2D eigenvalue weighted by Crippen LogP contribution is 2.42. The van der Waals surface area contributed by atoms with Crippen molar-refractivity contribution in [3.63, 3.8) is 0 Å². The summed E-state index contributed by atoms with van der Waals surface area (Å²) >= 11 is 0. The Kier molecular flexibility index (Phi) is 7.46. The molecule has 5 rings (SSSR count). The van der Waals surface area contributed by atoms with Crippen LogP contribution in [0.1, 0.15) is 43.7 Å². The van der Waals surface area contributed by atoms with Crippen molar-refractivity contribution in [2.24, 2.45) is 5.92 Å². The fraction of sp³-hybridized carbons (Fsp3) is 0.517. The first-order valence-electron chi connectivity index (χ1n) is 13.4. The zero-order valence-electron chi connectivity index (χ0n) is 21.3. The number of urea groups is 1. The standard InChI is InChI=1S/C29H38N4O3/c1-2-36-28(35)32-16-12-23(13-17-32)20-31-18-14-29(15-19-31)22-33(21-24-8-6-7-11-26(24)29)27(34)30-25-9-4-3-5-10-25/h3-11,23H,2,12-22H2,1H3,(H,30,34). The number of fused-ring (bicyclic) bond motifs is 2. The normalized spacial score (nSPS) is 20.1. The highest BCUT2D eigenvalue weighted by molar-refractivity contribution is 5.89. The number of carbonyl (C=O) groups excluding carboxylic acids is 2. The second kappa shape index (κ2) is 10.9. The van der Waals surface area contributed by atoms with Crippen LogP contribution in [-0.4, -0.2) is 72.7 Å². The molecule has 0 aromatic heterocycles. The Balaban J connectivity index is 1.20. The number of para-hydroxylation sites is 1. The van der Waals surface area contributed by atoms with Gasteiger partial charge in [-0.25, -0.2) is 9.59 Å². The lowest BCUT2D eigenvalue weighted by Gasteiger charge is -2.49. The van der Waals surface area contributed by atoms with Crippen molar-refractivity contribution in [1.82, 2.24) is 14.7 Å². The summed E-state index contributed by atoms with van der Waals surface area (Å²) in [5.74, 6) is 0.622. The summed E-state index contributed by atoms with van der Waals surface area (Å²) in [4.78, 5) is 31.7. The Morgan fingerprint density at radius 2 is 1.64 bits per heavy atom. The molecule has 2 fully saturated rings. The van der Waals surface area contributed by atoms with Gasteiger partial charge < -0.3 is 24.8 Å². The molecule has 0 atom stereocenters. The molecule has 192 valence electrons. The van der Waals surface area contributed by atoms with Crippen LogP contribution >= 0.6 is 0 Å². The molecule has 7 nitrogen and oxygen atoms in total. The number of hydrogen-bond donors (Lipinski definition) is 1. The molecule has 0 saturated carbocycles. The van der Waals surface area contributed by atoms with E-state index in [-0.39, 0.29) is 17.5 Å². The van der Waals surface area contributed by atoms with Gasteiger partial charge in [0.2, 0.25) is 0 Å². The third kappa shape index (κ3) is 5.36. The van der Waals surface area contributed by atoms with Crippen LogP contribution in [0.4, 0.5) is 15.3 Å². The Hall–Kier alpha value is -3.06. The summed E-state index contributed by atoms with van der Waals surface area (Å²) < 4.78 is 5.16. The molecule has 7 heteroatoms. The van der Waals surface area contributed by atoms with E-state index in [2.05, 4.69) is 34.5 Å². The smallest absolute Gasteiger partial charge is 0.409 e. The maximum Gasteiger partial charge on any atom is 0.409 e. The molecule has 0 unspecified atom stereocenters. The molecule has 0 aliphatic carbocycles. The molecule has 36 heavy (non-hydrogen) atoms. The summed E-state index contributed by atoms with van der Waals surface area (Å²) in [5, 5.41) is 3.09. The van der Waals surface area contributed by atoms with Crippen LogP contribution in [-0.2, 0) is 16.7 Å². The molecule has 1 spiro atoms. The average Bonchev–Trinajstić information content (AvgIpc) is 2.91. The molecule has 2 aromatic carbocycles. The van der Waals surface area contributed by atoms with Gasteiger partial charge in [0.05, 0.1) is 6.61 Å². The lowest BCUT2D eigenvalue weighted by Crippen LogP contribution is -2.54. The lowest BCUT2D eigenvalue weighted by atomic mass is 9.68. The van der Waals surface area contributed by atoms with Crippen molar-refractivity contribution in [2.45, 2.75) is 44.6 Å². The van der Waals surface area contributed by atoms with E-state index < -0.39 is 0 Å². The van der Waals surface area contributed by atoms with E-state index in [4.69, 9.17) is 4.74 Å². The molecule has 1 N–H and O–H groups in total. The van der Waals surface area contributed by atoms with Crippen LogP contribution in [0.2, 0.25) is 0 Å². The lowest BCUT2D eigenvalue weighted by molar-refractivity contribution is 0.0730. The van der Waals surface area contributed by atoms with Crippen LogP contribution in [0.5, 0.6) is 0 Å². The third-order valence-corrected chi connectivity index (χ3v) is 8.23. The van der Waals surface area contributed by atoms with E-state index in [1.54, 1.807) is 0 Å². The van der Waals surface area contributed by atoms with Gasteiger partial charge in [-0.05, 0) is 74.9 Å². The maximum absolute atomic E-state index is 13.2. The minimum atomic E-state index is -0.173. The fourth-order valence-electron chi connectivity index (χ4n) is 6.22. The van der Waals surface area contributed by atoms with Crippen molar-refractivity contribution in [3.05, 3.63) is 65.7 Å². The van der Waals surface area contributed by atoms with E-state index >= 15 is 0 Å². The summed E-state index contributed by atoms with van der Waals surface area (Å²) in [6.45, 7) is 8.46. The van der Waals surface area contributed by atoms with Gasteiger partial charge in [-0.1, -0.05) is 42.5 Å². The van der Waals surface area contributed by atoms with E-state index in [9.17, 15) is 9.59 Å². The predicted octanol–water partition coefficient (Wildman–Crippen LogP) is 4.94. The number of likely N-dealkylation sites (tertiary alicyclic amines) is 2. The van der Waals surface area contributed by atoms with Crippen LogP contribution in [0.3, 0.4) is 0 Å². The fourth-order valence-corrected chi connectivity index (χ4v) is 6.22. The summed E-state index contributed by atoms with van der Waals surface area (Å²) in [6, 6.07) is 18.4. The number of hydrogen-bond acceptors (Lipinski definition) is 4. The minimum absolute atomic E-state index is 0.00659. The second-order valence-corrected chi connectivity index (χ2v) is 10.5. The monoisotopic (exact) mass is 490 g/mol. The number of anilines is 1. The van der Waals surface area contributed by atoms with Gasteiger partial charge in [0.25, 0.3) is 0 Å². The van der Waals surface area contributed by atoms with Crippen LogP contribution in [0.25, 0.3) is 0 Å². The largest absolute Gasteiger partial charge is 0.450 e. The quantitative estimate of drug-likeness (QED) is 0.660. The van der Waals surface area contributed by atoms with Gasteiger partial charge in [0.15, 0.2) is 0 Å². The van der Waals surface area contributed by atoms with Crippen molar-refractivity contribution >= 4 is 17.8 Å². The minimum Gasteiger partial charge on any atom is -0.450 e. The predicted molar refractivity (Wildman–Crippen MR) is 141 cm³/mol. The molecule has 3 heterocycles. The number of amides is 3. The zero-order valence-corrected chi connectivity index (χ0v) is 21.3. The number of piperidine rings is 2. The van der Waals surface area contributed by atoms with Crippen LogP contribution in [0.15, 0.2) is 54.6 Å². The van der Waals surface area contributed by atoms with Gasteiger partial charge in [-0.15, -0.1) is 0 Å². The average molecular weight is 491 g/mol. The Labute approximate surface area is 214 Å². The van der Waals surface area contributed by atoms with Crippen LogP contribution in [0, 0.1) is 5.92 Å². The number of nitrogens with zero attached hydrogens (tertiary/aromatic N) is 3. The first-order valence-corrected chi connectivity index (χ1v) is 13.4. The highest BCUT2D eigenvalue weighted by Gasteiger charge is 2.43. The molecule has 0 radical (unpaired) electrons. The number of carbonyl (C=O) groups is 2. The van der Waals surface area contributed by atoms with Crippen LogP contribution < -0.4 is 5.32 Å². The molecule has 0 bridgehead atoms. The Bertz CT molecular complexity index is 1040. The van der Waals surface area contributed by atoms with Crippen molar-refractivity contribution < 1.29 is 14.3 Å². The molecule has 2 aromatic rings. The summed E-state index contributed by atoms with van der Waals surface area (Å²) in [5.41, 5.74) is 3.54. The van der Waals surface area contributed by atoms with E-state index in [1.807, 2.05) is 47.1 Å². The van der Waals surface area contributed by atoms with Gasteiger partial charge >= 0.3 is 12.1 Å². The van der Waals surface area contributed by atoms with E-state index in [0.29, 0.717) is 19.1 Å². The Morgan fingerprint density at radius 1 is 0.944 bits per heavy atom. The number of nitrogens with one attached hydrogen (secondary N) is 1. The topological polar surface area (TPSA) is 65.1 Å². The number of benzene rings is 2. The molecule has 3 amide bonds. The van der Waals surface area contributed by atoms with Gasteiger partial charge in [0, 0.05) is 43.8 Å².